The Kier molecular flexibility index (Phi) is 2.55. The number of imide groups is 1. The van der Waals surface area contributed by atoms with Crippen molar-refractivity contribution < 1.29 is 23.8 Å². The fraction of sp³-hybridized carbons (Fsp3) is 0.333. The lowest BCUT2D eigenvalue weighted by molar-refractivity contribution is -0.138. The molecule has 0 radical (unpaired) electrons. The molecule has 1 unspecified atom stereocenters. The van der Waals surface area contributed by atoms with Crippen molar-refractivity contribution in [2.75, 3.05) is 6.79 Å². The van der Waals surface area contributed by atoms with Crippen molar-refractivity contribution in [1.29, 1.82) is 0 Å². The van der Waals surface area contributed by atoms with E-state index < -0.39 is 12.0 Å². The average molecular weight is 249 g/mol. The molecule has 0 spiro atoms. The summed E-state index contributed by atoms with van der Waals surface area (Å²) < 4.78 is 15.9. The van der Waals surface area contributed by atoms with Gasteiger partial charge in [-0.15, -0.1) is 0 Å². The van der Waals surface area contributed by atoms with Crippen LogP contribution >= 0.6 is 0 Å². The molecule has 0 aromatic heterocycles. The SMILES string of the molecule is O=C1CCC(Oc2ccc3c(c2)OCO3)C(=O)N1. The Bertz CT molecular complexity index is 513. The molecule has 94 valence electrons. The number of ether oxygens (including phenoxy) is 3. The number of carbonyl (C=O) groups is 2. The first-order valence-electron chi connectivity index (χ1n) is 5.62. The fourth-order valence-electron chi connectivity index (χ4n) is 1.90. The Hall–Kier alpha value is -2.24. The first-order valence-corrected chi connectivity index (χ1v) is 5.62. The van der Waals surface area contributed by atoms with Gasteiger partial charge in [0.15, 0.2) is 17.6 Å². The maximum atomic E-state index is 11.5. The summed E-state index contributed by atoms with van der Waals surface area (Å²) >= 11 is 0. The first kappa shape index (κ1) is 10.9. The Morgan fingerprint density at radius 3 is 2.89 bits per heavy atom. The van der Waals surface area contributed by atoms with Crippen molar-refractivity contribution in [1.82, 2.24) is 5.32 Å². The van der Waals surface area contributed by atoms with Crippen LogP contribution in [0, 0.1) is 0 Å². The van der Waals surface area contributed by atoms with Gasteiger partial charge in [-0.25, -0.2) is 0 Å². The van der Waals surface area contributed by atoms with E-state index in [2.05, 4.69) is 5.32 Å². The van der Waals surface area contributed by atoms with Gasteiger partial charge in [-0.05, 0) is 12.1 Å². The summed E-state index contributed by atoms with van der Waals surface area (Å²) in [5.41, 5.74) is 0. The molecule has 2 aliphatic heterocycles. The van der Waals surface area contributed by atoms with E-state index in [1.165, 1.54) is 0 Å². The number of hydrogen-bond acceptors (Lipinski definition) is 5. The van der Waals surface area contributed by atoms with Crippen LogP contribution < -0.4 is 19.5 Å². The Labute approximate surface area is 103 Å². The van der Waals surface area contributed by atoms with Crippen LogP contribution in [-0.4, -0.2) is 24.7 Å². The van der Waals surface area contributed by atoms with Crippen LogP contribution in [0.2, 0.25) is 0 Å². The number of carbonyl (C=O) groups excluding carboxylic acids is 2. The van der Waals surface area contributed by atoms with E-state index in [9.17, 15) is 9.59 Å². The van der Waals surface area contributed by atoms with Gasteiger partial charge in [-0.1, -0.05) is 0 Å². The molecule has 6 nitrogen and oxygen atoms in total. The quantitative estimate of drug-likeness (QED) is 0.777. The van der Waals surface area contributed by atoms with Crippen LogP contribution in [0.15, 0.2) is 18.2 Å². The van der Waals surface area contributed by atoms with E-state index in [0.717, 1.165) is 0 Å². The van der Waals surface area contributed by atoms with E-state index in [4.69, 9.17) is 14.2 Å². The average Bonchev–Trinajstić information content (AvgIpc) is 2.80. The van der Waals surface area contributed by atoms with E-state index in [0.29, 0.717) is 30.1 Å². The van der Waals surface area contributed by atoms with Crippen LogP contribution in [0.25, 0.3) is 0 Å². The summed E-state index contributed by atoms with van der Waals surface area (Å²) in [6.45, 7) is 0.192. The topological polar surface area (TPSA) is 73.9 Å². The third-order valence-corrected chi connectivity index (χ3v) is 2.81. The normalized spacial score (nSPS) is 21.7. The van der Waals surface area contributed by atoms with E-state index >= 15 is 0 Å². The molecule has 0 aliphatic carbocycles. The molecule has 18 heavy (non-hydrogen) atoms. The minimum atomic E-state index is -0.636. The lowest BCUT2D eigenvalue weighted by atomic mass is 10.1. The molecule has 1 saturated heterocycles. The summed E-state index contributed by atoms with van der Waals surface area (Å²) in [4.78, 5) is 22.5. The van der Waals surface area contributed by atoms with E-state index in [1.807, 2.05) is 0 Å². The predicted octanol–water partition coefficient (Wildman–Crippen LogP) is 0.599. The van der Waals surface area contributed by atoms with Gasteiger partial charge in [0.2, 0.25) is 12.7 Å². The number of amides is 2. The molecular weight excluding hydrogens is 238 g/mol. The number of nitrogens with one attached hydrogen (secondary N) is 1. The van der Waals surface area contributed by atoms with Crippen molar-refractivity contribution in [3.05, 3.63) is 18.2 Å². The molecule has 2 aliphatic rings. The summed E-state index contributed by atoms with van der Waals surface area (Å²) in [6, 6.07) is 5.10. The van der Waals surface area contributed by atoms with E-state index in [1.54, 1.807) is 18.2 Å². The zero-order chi connectivity index (χ0) is 12.5. The smallest absolute Gasteiger partial charge is 0.267 e. The van der Waals surface area contributed by atoms with Crippen LogP contribution in [-0.2, 0) is 9.59 Å². The highest BCUT2D eigenvalue weighted by Gasteiger charge is 2.28. The van der Waals surface area contributed by atoms with Crippen LogP contribution in [0.1, 0.15) is 12.8 Å². The van der Waals surface area contributed by atoms with Crippen molar-refractivity contribution in [2.24, 2.45) is 0 Å². The zero-order valence-electron chi connectivity index (χ0n) is 9.47. The predicted molar refractivity (Wildman–Crippen MR) is 59.4 cm³/mol. The molecule has 1 aromatic carbocycles. The highest BCUT2D eigenvalue weighted by molar-refractivity contribution is 5.99. The molecule has 2 amide bonds. The Balaban J connectivity index is 1.73. The standard InChI is InChI=1S/C12H11NO5/c14-11-4-3-9(12(15)13-11)18-7-1-2-8-10(5-7)17-6-16-8/h1-2,5,9H,3-4,6H2,(H,13,14,15). The third-order valence-electron chi connectivity index (χ3n) is 2.81. The molecule has 1 N–H and O–H groups in total. The van der Waals surface area contributed by atoms with Crippen molar-refractivity contribution in [3.8, 4) is 17.2 Å². The van der Waals surface area contributed by atoms with E-state index in [-0.39, 0.29) is 12.7 Å². The second-order valence-corrected chi connectivity index (χ2v) is 4.07. The second kappa shape index (κ2) is 4.21. The van der Waals surface area contributed by atoms with Gasteiger partial charge in [-0.3, -0.25) is 14.9 Å². The zero-order valence-corrected chi connectivity index (χ0v) is 9.47. The molecule has 1 aromatic rings. The third kappa shape index (κ3) is 1.97. The van der Waals surface area contributed by atoms with Gasteiger partial charge in [0.25, 0.3) is 5.91 Å². The molecule has 6 heteroatoms. The molecule has 2 heterocycles. The minimum Gasteiger partial charge on any atom is -0.480 e. The first-order chi connectivity index (χ1) is 8.72. The highest BCUT2D eigenvalue weighted by atomic mass is 16.7. The van der Waals surface area contributed by atoms with Crippen molar-refractivity contribution in [3.63, 3.8) is 0 Å². The Morgan fingerprint density at radius 2 is 2.06 bits per heavy atom. The molecule has 0 saturated carbocycles. The maximum absolute atomic E-state index is 11.5. The van der Waals surface area contributed by atoms with Gasteiger partial charge in [0, 0.05) is 18.9 Å². The fourth-order valence-corrected chi connectivity index (χ4v) is 1.90. The van der Waals surface area contributed by atoms with Crippen LogP contribution in [0.3, 0.4) is 0 Å². The molecule has 0 bridgehead atoms. The van der Waals surface area contributed by atoms with Crippen LogP contribution in [0.4, 0.5) is 0 Å². The number of hydrogen-bond donors (Lipinski definition) is 1. The number of fused-ring (bicyclic) bond motifs is 1. The van der Waals surface area contributed by atoms with Gasteiger partial charge in [0.1, 0.15) is 5.75 Å². The van der Waals surface area contributed by atoms with Crippen molar-refractivity contribution >= 4 is 11.8 Å². The van der Waals surface area contributed by atoms with Gasteiger partial charge in [0.05, 0.1) is 0 Å². The lowest BCUT2D eigenvalue weighted by Crippen LogP contribution is -2.46. The van der Waals surface area contributed by atoms with Gasteiger partial charge in [-0.2, -0.15) is 0 Å². The van der Waals surface area contributed by atoms with Gasteiger partial charge < -0.3 is 14.2 Å². The van der Waals surface area contributed by atoms with Crippen LogP contribution in [0.5, 0.6) is 17.2 Å². The Morgan fingerprint density at radius 1 is 1.22 bits per heavy atom. The van der Waals surface area contributed by atoms with Gasteiger partial charge >= 0.3 is 0 Å². The summed E-state index contributed by atoms with van der Waals surface area (Å²) in [6.07, 6.45) is 0.0446. The summed E-state index contributed by atoms with van der Waals surface area (Å²) in [7, 11) is 0. The number of piperidine rings is 1. The molecular formula is C12H11NO5. The largest absolute Gasteiger partial charge is 0.480 e. The maximum Gasteiger partial charge on any atom is 0.267 e. The highest BCUT2D eigenvalue weighted by Crippen LogP contribution is 2.35. The lowest BCUT2D eigenvalue weighted by Gasteiger charge is -2.21. The monoisotopic (exact) mass is 249 g/mol. The molecule has 1 atom stereocenters. The number of rotatable bonds is 2. The summed E-state index contributed by atoms with van der Waals surface area (Å²) in [5, 5.41) is 2.24. The molecule has 1 fully saturated rings. The molecule has 3 rings (SSSR count). The minimum absolute atomic E-state index is 0.192. The second-order valence-electron chi connectivity index (χ2n) is 4.07. The van der Waals surface area contributed by atoms with Crippen molar-refractivity contribution in [2.45, 2.75) is 18.9 Å². The summed E-state index contributed by atoms with van der Waals surface area (Å²) in [5.74, 6) is 1.12. The number of benzene rings is 1.